The van der Waals surface area contributed by atoms with E-state index in [4.69, 9.17) is 4.74 Å². The first-order chi connectivity index (χ1) is 11.3. The fourth-order valence-corrected chi connectivity index (χ4v) is 3.67. The summed E-state index contributed by atoms with van der Waals surface area (Å²) in [6.45, 7) is 2.22. The molecule has 2 aromatic carbocycles. The van der Waals surface area contributed by atoms with Crippen LogP contribution in [-0.2, 0) is 11.2 Å². The van der Waals surface area contributed by atoms with Crippen LogP contribution in [-0.4, -0.2) is 12.6 Å². The van der Waals surface area contributed by atoms with E-state index in [1.54, 1.807) is 11.3 Å². The van der Waals surface area contributed by atoms with Gasteiger partial charge in [0, 0.05) is 16.2 Å². The summed E-state index contributed by atoms with van der Waals surface area (Å²) < 4.78 is 5.22. The van der Waals surface area contributed by atoms with Gasteiger partial charge in [0.1, 0.15) is 0 Å². The Balaban J connectivity index is 1.98. The maximum Gasteiger partial charge on any atom is 0.339 e. The van der Waals surface area contributed by atoms with Gasteiger partial charge in [-0.15, -0.1) is 11.3 Å². The lowest BCUT2D eigenvalue weighted by molar-refractivity contribution is 0.0528. The molecule has 0 aliphatic carbocycles. The highest BCUT2D eigenvalue weighted by atomic mass is 32.1. The van der Waals surface area contributed by atoms with Gasteiger partial charge in [0.2, 0.25) is 0 Å². The summed E-state index contributed by atoms with van der Waals surface area (Å²) in [5.74, 6) is -0.248. The monoisotopic (exact) mass is 322 g/mol. The Hall–Kier alpha value is -2.39. The van der Waals surface area contributed by atoms with Crippen LogP contribution in [0.25, 0.3) is 10.4 Å². The molecule has 3 heteroatoms. The van der Waals surface area contributed by atoms with Crippen LogP contribution in [0, 0.1) is 0 Å². The molecule has 0 radical (unpaired) electrons. The Morgan fingerprint density at radius 2 is 1.65 bits per heavy atom. The molecule has 1 heterocycles. The second-order valence-electron chi connectivity index (χ2n) is 5.20. The quantitative estimate of drug-likeness (QED) is 0.605. The van der Waals surface area contributed by atoms with Gasteiger partial charge in [-0.05, 0) is 24.1 Å². The lowest BCUT2D eigenvalue weighted by Crippen LogP contribution is -2.04. The molecular weight excluding hydrogens is 304 g/mol. The van der Waals surface area contributed by atoms with Gasteiger partial charge in [-0.2, -0.15) is 0 Å². The van der Waals surface area contributed by atoms with E-state index in [0.717, 1.165) is 21.7 Å². The summed E-state index contributed by atoms with van der Waals surface area (Å²) >= 11 is 1.66. The van der Waals surface area contributed by atoms with Crippen LogP contribution in [0.1, 0.15) is 27.7 Å². The standard InChI is InChI=1S/C20H18O2S/c1-2-22-20(21)18-14-17(13-15-9-5-3-6-10-15)23-19(18)16-11-7-4-8-12-16/h3-12,14H,2,13H2,1H3. The second kappa shape index (κ2) is 7.25. The largest absolute Gasteiger partial charge is 0.462 e. The molecule has 0 fully saturated rings. The van der Waals surface area contributed by atoms with E-state index in [0.29, 0.717) is 12.2 Å². The molecule has 0 amide bonds. The molecule has 0 aliphatic heterocycles. The number of carbonyl (C=O) groups is 1. The predicted octanol–water partition coefficient (Wildman–Crippen LogP) is 5.18. The maximum absolute atomic E-state index is 12.3. The maximum atomic E-state index is 12.3. The molecule has 3 aromatic rings. The van der Waals surface area contributed by atoms with Crippen molar-refractivity contribution in [3.8, 4) is 10.4 Å². The van der Waals surface area contributed by atoms with Crippen molar-refractivity contribution in [2.45, 2.75) is 13.3 Å². The summed E-state index contributed by atoms with van der Waals surface area (Å²) in [5.41, 5.74) is 2.96. The van der Waals surface area contributed by atoms with Gasteiger partial charge in [-0.1, -0.05) is 60.7 Å². The van der Waals surface area contributed by atoms with Crippen molar-refractivity contribution in [2.75, 3.05) is 6.61 Å². The third-order valence-electron chi connectivity index (χ3n) is 3.54. The molecule has 0 spiro atoms. The van der Waals surface area contributed by atoms with Crippen LogP contribution >= 0.6 is 11.3 Å². The lowest BCUT2D eigenvalue weighted by atomic mass is 10.1. The van der Waals surface area contributed by atoms with E-state index in [9.17, 15) is 4.79 Å². The van der Waals surface area contributed by atoms with Crippen molar-refractivity contribution < 1.29 is 9.53 Å². The summed E-state index contributed by atoms with van der Waals surface area (Å²) in [7, 11) is 0. The van der Waals surface area contributed by atoms with Gasteiger partial charge in [0.25, 0.3) is 0 Å². The van der Waals surface area contributed by atoms with Crippen LogP contribution in [0.3, 0.4) is 0 Å². The second-order valence-corrected chi connectivity index (χ2v) is 6.34. The molecule has 0 bridgehead atoms. The fraction of sp³-hybridized carbons (Fsp3) is 0.150. The van der Waals surface area contributed by atoms with Crippen LogP contribution in [0.4, 0.5) is 0 Å². The van der Waals surface area contributed by atoms with Crippen LogP contribution in [0.5, 0.6) is 0 Å². The smallest absolute Gasteiger partial charge is 0.339 e. The summed E-state index contributed by atoms with van der Waals surface area (Å²) in [6.07, 6.45) is 0.824. The van der Waals surface area contributed by atoms with Crippen molar-refractivity contribution in [1.82, 2.24) is 0 Å². The van der Waals surface area contributed by atoms with Crippen molar-refractivity contribution in [1.29, 1.82) is 0 Å². The molecule has 1 aromatic heterocycles. The zero-order valence-electron chi connectivity index (χ0n) is 13.0. The molecule has 0 N–H and O–H groups in total. The SMILES string of the molecule is CCOC(=O)c1cc(Cc2ccccc2)sc1-c1ccccc1. The highest BCUT2D eigenvalue weighted by Crippen LogP contribution is 2.34. The van der Waals surface area contributed by atoms with Crippen LogP contribution < -0.4 is 0 Å². The van der Waals surface area contributed by atoms with E-state index in [2.05, 4.69) is 12.1 Å². The van der Waals surface area contributed by atoms with Crippen LogP contribution in [0.2, 0.25) is 0 Å². The number of thiophene rings is 1. The molecule has 116 valence electrons. The number of hydrogen-bond donors (Lipinski definition) is 0. The first-order valence-electron chi connectivity index (χ1n) is 7.67. The van der Waals surface area contributed by atoms with Crippen molar-refractivity contribution in [2.24, 2.45) is 0 Å². The third kappa shape index (κ3) is 3.69. The average Bonchev–Trinajstić information content (AvgIpc) is 3.01. The van der Waals surface area contributed by atoms with Gasteiger partial charge in [0.15, 0.2) is 0 Å². The minimum absolute atomic E-state index is 0.248. The highest BCUT2D eigenvalue weighted by Gasteiger charge is 2.18. The van der Waals surface area contributed by atoms with Crippen molar-refractivity contribution in [3.05, 3.63) is 82.7 Å². The van der Waals surface area contributed by atoms with Gasteiger partial charge in [-0.3, -0.25) is 0 Å². The van der Waals surface area contributed by atoms with Gasteiger partial charge < -0.3 is 4.74 Å². The van der Waals surface area contributed by atoms with E-state index >= 15 is 0 Å². The number of carbonyl (C=O) groups excluding carboxylic acids is 1. The average molecular weight is 322 g/mol. The molecular formula is C20H18O2S. The van der Waals surface area contributed by atoms with Gasteiger partial charge >= 0.3 is 5.97 Å². The van der Waals surface area contributed by atoms with Crippen LogP contribution in [0.15, 0.2) is 66.7 Å². The van der Waals surface area contributed by atoms with Crippen molar-refractivity contribution in [3.63, 3.8) is 0 Å². The Kier molecular flexibility index (Phi) is 4.89. The molecule has 0 aliphatic rings. The first kappa shape index (κ1) is 15.5. The Labute approximate surface area is 140 Å². The van der Waals surface area contributed by atoms with E-state index < -0.39 is 0 Å². The van der Waals surface area contributed by atoms with E-state index in [1.807, 2.05) is 61.5 Å². The van der Waals surface area contributed by atoms with Gasteiger partial charge in [-0.25, -0.2) is 4.79 Å². The third-order valence-corrected chi connectivity index (χ3v) is 4.72. The van der Waals surface area contributed by atoms with E-state index in [-0.39, 0.29) is 5.97 Å². The Bertz CT molecular complexity index is 776. The Morgan fingerprint density at radius 1 is 1.00 bits per heavy atom. The van der Waals surface area contributed by atoms with Gasteiger partial charge in [0.05, 0.1) is 12.2 Å². The predicted molar refractivity (Wildman–Crippen MR) is 95.0 cm³/mol. The number of benzene rings is 2. The normalized spacial score (nSPS) is 10.5. The summed E-state index contributed by atoms with van der Waals surface area (Å²) in [4.78, 5) is 14.4. The number of esters is 1. The number of hydrogen-bond acceptors (Lipinski definition) is 3. The Morgan fingerprint density at radius 3 is 2.30 bits per heavy atom. The molecule has 23 heavy (non-hydrogen) atoms. The molecule has 0 unspecified atom stereocenters. The molecule has 0 saturated heterocycles. The minimum atomic E-state index is -0.248. The summed E-state index contributed by atoms with van der Waals surface area (Å²) in [5, 5.41) is 0. The molecule has 3 rings (SSSR count). The topological polar surface area (TPSA) is 26.3 Å². The molecule has 0 saturated carbocycles. The van der Waals surface area contributed by atoms with E-state index in [1.165, 1.54) is 5.56 Å². The first-order valence-corrected chi connectivity index (χ1v) is 8.48. The fourth-order valence-electron chi connectivity index (χ4n) is 2.49. The number of rotatable bonds is 5. The lowest BCUT2D eigenvalue weighted by Gasteiger charge is -2.03. The van der Waals surface area contributed by atoms with Crippen molar-refractivity contribution >= 4 is 17.3 Å². The molecule has 0 atom stereocenters. The molecule has 2 nitrogen and oxygen atoms in total. The number of ether oxygens (including phenoxy) is 1. The highest BCUT2D eigenvalue weighted by molar-refractivity contribution is 7.16. The summed E-state index contributed by atoms with van der Waals surface area (Å²) in [6, 6.07) is 22.3. The zero-order valence-corrected chi connectivity index (χ0v) is 13.8. The zero-order chi connectivity index (χ0) is 16.1. The minimum Gasteiger partial charge on any atom is -0.462 e.